The smallest absolute Gasteiger partial charge is 0.337 e. The fourth-order valence-electron chi connectivity index (χ4n) is 5.56. The third-order valence-corrected chi connectivity index (χ3v) is 7.08. The third-order valence-electron chi connectivity index (χ3n) is 7.08. The van der Waals surface area contributed by atoms with Gasteiger partial charge in [-0.2, -0.15) is 0 Å². The first-order valence-electron chi connectivity index (χ1n) is 12.9. The highest BCUT2D eigenvalue weighted by Gasteiger charge is 2.36. The zero-order valence-corrected chi connectivity index (χ0v) is 22.6. The van der Waals surface area contributed by atoms with Crippen LogP contribution < -0.4 is 10.1 Å². The molecule has 0 spiro atoms. The van der Waals surface area contributed by atoms with Crippen LogP contribution in [0, 0.1) is 12.8 Å². The monoisotopic (exact) mass is 515 g/mol. The highest BCUT2D eigenvalue weighted by Crippen LogP contribution is 2.52. The van der Waals surface area contributed by atoms with Gasteiger partial charge >= 0.3 is 5.97 Å². The van der Waals surface area contributed by atoms with E-state index in [-0.39, 0.29) is 17.7 Å². The maximum Gasteiger partial charge on any atom is 0.337 e. The van der Waals surface area contributed by atoms with E-state index in [2.05, 4.69) is 17.2 Å². The molecule has 198 valence electrons. The molecule has 8 heteroatoms. The number of nitrogens with one attached hydrogen (secondary N) is 1. The average Bonchev–Trinajstić information content (AvgIpc) is 2.83. The van der Waals surface area contributed by atoms with E-state index in [4.69, 9.17) is 14.5 Å². The van der Waals surface area contributed by atoms with Gasteiger partial charge in [0.15, 0.2) is 6.10 Å². The lowest BCUT2D eigenvalue weighted by Gasteiger charge is -2.34. The summed E-state index contributed by atoms with van der Waals surface area (Å²) in [7, 11) is 0. The van der Waals surface area contributed by atoms with Crippen molar-refractivity contribution in [3.05, 3.63) is 47.0 Å². The van der Waals surface area contributed by atoms with Crippen molar-refractivity contribution in [2.24, 2.45) is 10.9 Å². The summed E-state index contributed by atoms with van der Waals surface area (Å²) in [6, 6.07) is 9.37. The number of ether oxygens (including phenoxy) is 2. The van der Waals surface area contributed by atoms with E-state index in [0.717, 1.165) is 39.9 Å². The molecule has 2 aliphatic heterocycles. The number of carbonyl (C=O) groups excluding carboxylic acids is 1. The number of hydrogen-bond acceptors (Lipinski definition) is 6. The molecule has 3 atom stereocenters. The number of carbonyl (C=O) groups is 2. The summed E-state index contributed by atoms with van der Waals surface area (Å²) in [5.74, 6) is 0.508. The van der Waals surface area contributed by atoms with Gasteiger partial charge in [0.2, 0.25) is 5.91 Å². The zero-order valence-electron chi connectivity index (χ0n) is 22.6. The van der Waals surface area contributed by atoms with Crippen LogP contribution in [0.4, 0.5) is 11.5 Å². The van der Waals surface area contributed by atoms with Gasteiger partial charge < -0.3 is 19.9 Å². The molecule has 38 heavy (non-hydrogen) atoms. The van der Waals surface area contributed by atoms with Crippen molar-refractivity contribution in [3.63, 3.8) is 0 Å². The van der Waals surface area contributed by atoms with Crippen molar-refractivity contribution >= 4 is 40.5 Å². The summed E-state index contributed by atoms with van der Waals surface area (Å²) in [6.45, 7) is 11.7. The highest BCUT2D eigenvalue weighted by atomic mass is 16.5. The SMILES string of the molecule is CC(=O)Nc1ccc2c(-c3ccc4c5c3N=CC(C)C5CCO4)c(C(OC(C)(C)C)C(=O)O)c(C)cc2n1. The van der Waals surface area contributed by atoms with Gasteiger partial charge in [-0.1, -0.05) is 6.92 Å². The van der Waals surface area contributed by atoms with E-state index in [1.54, 1.807) is 6.07 Å². The van der Waals surface area contributed by atoms with Crippen LogP contribution in [0.5, 0.6) is 5.75 Å². The number of aliphatic imine (C=N–C) groups is 1. The molecule has 3 heterocycles. The Morgan fingerprint density at radius 3 is 2.66 bits per heavy atom. The van der Waals surface area contributed by atoms with Crippen LogP contribution in [-0.4, -0.2) is 40.4 Å². The number of benzene rings is 2. The molecule has 1 aromatic heterocycles. The Balaban J connectivity index is 1.85. The quantitative estimate of drug-likeness (QED) is 0.411. The standard InChI is InChI=1S/C30H33N3O5/c1-15-13-21-19(8-10-23(33-21)32-17(3)34)25(24(15)28(29(35)36)38-30(4,5)6)20-7-9-22-26-18(11-12-37-22)16(2)14-31-27(20)26/h7-10,13-14,16,18,28H,11-12H2,1-6H3,(H,35,36)(H,32,33,34). The maximum absolute atomic E-state index is 12.7. The van der Waals surface area contributed by atoms with Crippen molar-refractivity contribution in [1.82, 2.24) is 4.98 Å². The third kappa shape index (κ3) is 4.65. The lowest BCUT2D eigenvalue weighted by molar-refractivity contribution is -0.160. The van der Waals surface area contributed by atoms with E-state index >= 15 is 0 Å². The summed E-state index contributed by atoms with van der Waals surface area (Å²) in [4.78, 5) is 33.9. The normalized spacial score (nSPS) is 19.0. The van der Waals surface area contributed by atoms with Crippen LogP contribution in [0.15, 0.2) is 35.3 Å². The number of pyridine rings is 1. The molecule has 8 nitrogen and oxygen atoms in total. The van der Waals surface area contributed by atoms with Crippen LogP contribution in [0.2, 0.25) is 0 Å². The van der Waals surface area contributed by atoms with Gasteiger partial charge in [-0.05, 0) is 81.5 Å². The Bertz CT molecular complexity index is 1490. The van der Waals surface area contributed by atoms with Gasteiger partial charge in [0.1, 0.15) is 11.6 Å². The van der Waals surface area contributed by atoms with Crippen molar-refractivity contribution < 1.29 is 24.2 Å². The van der Waals surface area contributed by atoms with E-state index in [0.29, 0.717) is 29.1 Å². The molecule has 0 saturated heterocycles. The number of fused-ring (bicyclic) bond motifs is 1. The summed E-state index contributed by atoms with van der Waals surface area (Å²) >= 11 is 0. The molecule has 0 fully saturated rings. The summed E-state index contributed by atoms with van der Waals surface area (Å²) < 4.78 is 12.2. The topological polar surface area (TPSA) is 110 Å². The van der Waals surface area contributed by atoms with Gasteiger partial charge in [0.25, 0.3) is 0 Å². The Labute approximate surface area is 222 Å². The Morgan fingerprint density at radius 1 is 1.21 bits per heavy atom. The Morgan fingerprint density at radius 2 is 1.97 bits per heavy atom. The molecule has 0 radical (unpaired) electrons. The van der Waals surface area contributed by atoms with Gasteiger partial charge in [-0.3, -0.25) is 9.79 Å². The number of rotatable bonds is 5. The molecule has 0 saturated carbocycles. The number of aliphatic carboxylic acids is 1. The first-order valence-corrected chi connectivity index (χ1v) is 12.9. The van der Waals surface area contributed by atoms with Crippen molar-refractivity contribution in [3.8, 4) is 16.9 Å². The van der Waals surface area contributed by atoms with Crippen molar-refractivity contribution in [1.29, 1.82) is 0 Å². The molecule has 5 rings (SSSR count). The predicted octanol–water partition coefficient (Wildman–Crippen LogP) is 6.33. The van der Waals surface area contributed by atoms with E-state index in [1.807, 2.05) is 58.2 Å². The van der Waals surface area contributed by atoms with E-state index in [9.17, 15) is 14.7 Å². The molecule has 2 aromatic carbocycles. The molecule has 2 N–H and O–H groups in total. The van der Waals surface area contributed by atoms with Crippen LogP contribution in [0.25, 0.3) is 22.0 Å². The molecule has 3 unspecified atom stereocenters. The summed E-state index contributed by atoms with van der Waals surface area (Å²) in [6.07, 6.45) is 1.66. The number of carboxylic acid groups (broad SMARTS) is 1. The number of anilines is 1. The first kappa shape index (κ1) is 25.9. The fourth-order valence-corrected chi connectivity index (χ4v) is 5.56. The van der Waals surface area contributed by atoms with Crippen molar-refractivity contribution in [2.45, 2.75) is 65.6 Å². The molecular weight excluding hydrogens is 482 g/mol. The summed E-state index contributed by atoms with van der Waals surface area (Å²) in [5.41, 5.74) is 4.61. The Kier molecular flexibility index (Phi) is 6.47. The van der Waals surface area contributed by atoms with Crippen LogP contribution in [0.3, 0.4) is 0 Å². The number of amides is 1. The number of carboxylic acids is 1. The van der Waals surface area contributed by atoms with Crippen LogP contribution >= 0.6 is 0 Å². The number of aromatic nitrogens is 1. The number of hydrogen-bond donors (Lipinski definition) is 2. The molecule has 3 aromatic rings. The maximum atomic E-state index is 12.7. The molecule has 1 amide bonds. The second-order valence-electron chi connectivity index (χ2n) is 11.1. The van der Waals surface area contributed by atoms with E-state index < -0.39 is 17.7 Å². The second-order valence-corrected chi connectivity index (χ2v) is 11.1. The van der Waals surface area contributed by atoms with Gasteiger partial charge in [0.05, 0.1) is 23.4 Å². The molecule has 0 aliphatic carbocycles. The Hall–Kier alpha value is -3.78. The zero-order chi connectivity index (χ0) is 27.4. The van der Waals surface area contributed by atoms with Gasteiger partial charge in [-0.15, -0.1) is 0 Å². The molecular formula is C30H33N3O5. The molecule has 2 aliphatic rings. The van der Waals surface area contributed by atoms with Gasteiger partial charge in [-0.25, -0.2) is 9.78 Å². The van der Waals surface area contributed by atoms with Crippen LogP contribution in [0.1, 0.15) is 69.8 Å². The number of nitrogens with zero attached hydrogens (tertiary/aromatic N) is 2. The average molecular weight is 516 g/mol. The van der Waals surface area contributed by atoms with Gasteiger partial charge in [0, 0.05) is 41.1 Å². The summed E-state index contributed by atoms with van der Waals surface area (Å²) in [5, 5.41) is 13.9. The largest absolute Gasteiger partial charge is 0.493 e. The number of aryl methyl sites for hydroxylation is 1. The first-order chi connectivity index (χ1) is 17.9. The minimum absolute atomic E-state index is 0.219. The predicted molar refractivity (Wildman–Crippen MR) is 148 cm³/mol. The fraction of sp³-hybridized carbons (Fsp3) is 0.400. The van der Waals surface area contributed by atoms with Crippen molar-refractivity contribution in [2.75, 3.05) is 11.9 Å². The highest BCUT2D eigenvalue weighted by molar-refractivity contribution is 6.04. The second kappa shape index (κ2) is 9.51. The minimum atomic E-state index is -1.22. The van der Waals surface area contributed by atoms with E-state index in [1.165, 1.54) is 6.92 Å². The lowest BCUT2D eigenvalue weighted by atomic mass is 9.78. The lowest BCUT2D eigenvalue weighted by Crippen LogP contribution is -2.28. The van der Waals surface area contributed by atoms with Crippen LogP contribution in [-0.2, 0) is 14.3 Å². The molecule has 0 bridgehead atoms. The minimum Gasteiger partial charge on any atom is -0.493 e.